The molecule has 0 bridgehead atoms. The Hall–Kier alpha value is -1.88. The second kappa shape index (κ2) is 4.90. The number of hydrogen-bond acceptors (Lipinski definition) is 3. The Morgan fingerprint density at radius 3 is 2.80 bits per heavy atom. The van der Waals surface area contributed by atoms with Gasteiger partial charge >= 0.3 is 0 Å². The number of fused-ring (bicyclic) bond motifs is 1. The van der Waals surface area contributed by atoms with Gasteiger partial charge in [0, 0.05) is 12.6 Å². The van der Waals surface area contributed by atoms with Crippen molar-refractivity contribution in [2.24, 2.45) is 0 Å². The van der Waals surface area contributed by atoms with Gasteiger partial charge in [-0.15, -0.1) is 0 Å². The second-order valence-electron chi connectivity index (χ2n) is 4.73. The van der Waals surface area contributed by atoms with Crippen LogP contribution in [0, 0.1) is 0 Å². The Bertz CT molecular complexity index is 678. The van der Waals surface area contributed by atoms with Crippen LogP contribution in [0.15, 0.2) is 41.0 Å². The highest BCUT2D eigenvalue weighted by atomic mass is 79.9. The first kappa shape index (κ1) is 13.1. The van der Waals surface area contributed by atoms with Crippen molar-refractivity contribution in [3.63, 3.8) is 0 Å². The van der Waals surface area contributed by atoms with E-state index in [1.807, 2.05) is 30.3 Å². The number of nitrogens with zero attached hydrogens (tertiary/aromatic N) is 1. The Kier molecular flexibility index (Phi) is 3.22. The molecule has 4 nitrogen and oxygen atoms in total. The fourth-order valence-corrected chi connectivity index (χ4v) is 2.83. The standard InChI is InChI=1S/C15H12BrNO3/c1-17-13(18)8-9-4-5-10(7-11(9)15(17)19)14(16)12-3-2-6-20-12/h2-7,14H,8H2,1H3. The van der Waals surface area contributed by atoms with E-state index in [0.29, 0.717) is 5.56 Å². The van der Waals surface area contributed by atoms with Gasteiger partial charge in [0.05, 0.1) is 17.5 Å². The molecule has 0 N–H and O–H groups in total. The van der Waals surface area contributed by atoms with Crippen molar-refractivity contribution in [2.75, 3.05) is 7.05 Å². The van der Waals surface area contributed by atoms with Crippen molar-refractivity contribution in [3.8, 4) is 0 Å². The third-order valence-electron chi connectivity index (χ3n) is 3.47. The van der Waals surface area contributed by atoms with E-state index in [1.165, 1.54) is 11.9 Å². The molecule has 2 aromatic rings. The van der Waals surface area contributed by atoms with Crippen molar-refractivity contribution in [1.29, 1.82) is 0 Å². The van der Waals surface area contributed by atoms with Crippen molar-refractivity contribution in [3.05, 3.63) is 59.0 Å². The molecule has 1 aliphatic heterocycles. The van der Waals surface area contributed by atoms with Crippen molar-refractivity contribution < 1.29 is 14.0 Å². The topological polar surface area (TPSA) is 50.5 Å². The molecule has 20 heavy (non-hydrogen) atoms. The number of carbonyl (C=O) groups is 2. The Balaban J connectivity index is 2.01. The third-order valence-corrected chi connectivity index (χ3v) is 4.45. The first-order valence-electron chi connectivity index (χ1n) is 6.19. The number of likely N-dealkylation sites (N-methyl/N-ethyl adjacent to an activating group) is 1. The minimum absolute atomic E-state index is 0.112. The van der Waals surface area contributed by atoms with Gasteiger partial charge in [0.1, 0.15) is 5.76 Å². The van der Waals surface area contributed by atoms with Crippen LogP contribution in [0.3, 0.4) is 0 Å². The van der Waals surface area contributed by atoms with Crippen LogP contribution in [0.5, 0.6) is 0 Å². The maximum atomic E-state index is 12.2. The minimum Gasteiger partial charge on any atom is -0.468 e. The van der Waals surface area contributed by atoms with Gasteiger partial charge < -0.3 is 4.42 Å². The molecule has 5 heteroatoms. The van der Waals surface area contributed by atoms with Crippen molar-refractivity contribution >= 4 is 27.7 Å². The monoisotopic (exact) mass is 333 g/mol. The zero-order valence-corrected chi connectivity index (χ0v) is 12.4. The van der Waals surface area contributed by atoms with Gasteiger partial charge in [0.2, 0.25) is 5.91 Å². The largest absolute Gasteiger partial charge is 0.468 e. The lowest BCUT2D eigenvalue weighted by atomic mass is 9.95. The van der Waals surface area contributed by atoms with Crippen LogP contribution in [0.4, 0.5) is 0 Å². The van der Waals surface area contributed by atoms with Crippen molar-refractivity contribution in [2.45, 2.75) is 11.2 Å². The van der Waals surface area contributed by atoms with Gasteiger partial charge in [-0.05, 0) is 29.3 Å². The molecule has 1 atom stereocenters. The van der Waals surface area contributed by atoms with Crippen LogP contribution < -0.4 is 0 Å². The summed E-state index contributed by atoms with van der Waals surface area (Å²) in [5.74, 6) is 0.353. The van der Waals surface area contributed by atoms with E-state index >= 15 is 0 Å². The Morgan fingerprint density at radius 2 is 2.10 bits per heavy atom. The number of imide groups is 1. The van der Waals surface area contributed by atoms with E-state index in [-0.39, 0.29) is 23.1 Å². The van der Waals surface area contributed by atoms with Gasteiger partial charge in [0.25, 0.3) is 5.91 Å². The zero-order valence-electron chi connectivity index (χ0n) is 10.8. The number of rotatable bonds is 2. The van der Waals surface area contributed by atoms with Gasteiger partial charge in [-0.3, -0.25) is 14.5 Å². The summed E-state index contributed by atoms with van der Waals surface area (Å²) in [6.45, 7) is 0. The molecule has 102 valence electrons. The molecule has 1 aromatic heterocycles. The molecule has 1 aromatic carbocycles. The fourth-order valence-electron chi connectivity index (χ4n) is 2.28. The molecule has 2 heterocycles. The number of benzene rings is 1. The van der Waals surface area contributed by atoms with E-state index in [2.05, 4.69) is 15.9 Å². The van der Waals surface area contributed by atoms with E-state index < -0.39 is 0 Å². The summed E-state index contributed by atoms with van der Waals surface area (Å²) in [5.41, 5.74) is 2.29. The van der Waals surface area contributed by atoms with Crippen molar-refractivity contribution in [1.82, 2.24) is 4.90 Å². The first-order chi connectivity index (χ1) is 9.58. The Labute approximate surface area is 124 Å². The highest BCUT2D eigenvalue weighted by Crippen LogP contribution is 2.33. The summed E-state index contributed by atoms with van der Waals surface area (Å²) in [4.78, 5) is 24.9. The number of amides is 2. The normalized spacial score (nSPS) is 16.2. The quantitative estimate of drug-likeness (QED) is 0.627. The summed E-state index contributed by atoms with van der Waals surface area (Å²) < 4.78 is 5.36. The number of hydrogen-bond donors (Lipinski definition) is 0. The van der Waals surface area contributed by atoms with Crippen LogP contribution in [0.1, 0.15) is 32.1 Å². The molecule has 2 amide bonds. The highest BCUT2D eigenvalue weighted by molar-refractivity contribution is 9.09. The molecule has 0 aliphatic carbocycles. The Morgan fingerprint density at radius 1 is 1.30 bits per heavy atom. The average Bonchev–Trinajstić information content (AvgIpc) is 2.98. The number of carbonyl (C=O) groups excluding carboxylic acids is 2. The van der Waals surface area contributed by atoms with Gasteiger partial charge in [-0.1, -0.05) is 28.1 Å². The lowest BCUT2D eigenvalue weighted by Crippen LogP contribution is -2.39. The predicted molar refractivity (Wildman–Crippen MR) is 76.7 cm³/mol. The van der Waals surface area contributed by atoms with Crippen LogP contribution in [-0.4, -0.2) is 23.8 Å². The number of halogens is 1. The average molecular weight is 334 g/mol. The van der Waals surface area contributed by atoms with E-state index in [4.69, 9.17) is 4.42 Å². The summed E-state index contributed by atoms with van der Waals surface area (Å²) >= 11 is 3.56. The molecule has 0 saturated carbocycles. The third kappa shape index (κ3) is 2.08. The molecular weight excluding hydrogens is 322 g/mol. The SMILES string of the molecule is CN1C(=O)Cc2ccc(C(Br)c3ccco3)cc2C1=O. The summed E-state index contributed by atoms with van der Waals surface area (Å²) in [5, 5.41) is 0. The van der Waals surface area contributed by atoms with Crippen LogP contribution in [0.25, 0.3) is 0 Å². The van der Waals surface area contributed by atoms with Crippen LogP contribution >= 0.6 is 15.9 Å². The second-order valence-corrected chi connectivity index (χ2v) is 5.64. The zero-order chi connectivity index (χ0) is 14.3. The molecule has 1 unspecified atom stereocenters. The predicted octanol–water partition coefficient (Wildman–Crippen LogP) is 2.92. The first-order valence-corrected chi connectivity index (χ1v) is 7.10. The van der Waals surface area contributed by atoms with Crippen LogP contribution in [-0.2, 0) is 11.2 Å². The van der Waals surface area contributed by atoms with Gasteiger partial charge in [0.15, 0.2) is 0 Å². The van der Waals surface area contributed by atoms with Gasteiger partial charge in [-0.2, -0.15) is 0 Å². The molecule has 3 rings (SSSR count). The molecule has 0 radical (unpaired) electrons. The van der Waals surface area contributed by atoms with E-state index in [9.17, 15) is 9.59 Å². The van der Waals surface area contributed by atoms with Gasteiger partial charge in [-0.25, -0.2) is 0 Å². The lowest BCUT2D eigenvalue weighted by molar-refractivity contribution is -0.127. The maximum absolute atomic E-state index is 12.2. The maximum Gasteiger partial charge on any atom is 0.260 e. The van der Waals surface area contributed by atoms with E-state index in [1.54, 1.807) is 6.26 Å². The summed E-state index contributed by atoms with van der Waals surface area (Å²) in [6.07, 6.45) is 1.88. The minimum atomic E-state index is -0.253. The summed E-state index contributed by atoms with van der Waals surface area (Å²) in [7, 11) is 1.51. The molecule has 1 aliphatic rings. The smallest absolute Gasteiger partial charge is 0.260 e. The molecular formula is C15H12BrNO3. The fraction of sp³-hybridized carbons (Fsp3) is 0.200. The summed E-state index contributed by atoms with van der Waals surface area (Å²) in [6, 6.07) is 9.26. The highest BCUT2D eigenvalue weighted by Gasteiger charge is 2.28. The number of furan rings is 1. The van der Waals surface area contributed by atoms with Crippen LogP contribution in [0.2, 0.25) is 0 Å². The van der Waals surface area contributed by atoms with E-state index in [0.717, 1.165) is 16.9 Å². The number of alkyl halides is 1. The molecule has 0 spiro atoms. The molecule has 0 fully saturated rings. The lowest BCUT2D eigenvalue weighted by Gasteiger charge is -2.24. The molecule has 0 saturated heterocycles.